The number of hydrogen-bond donors (Lipinski definition) is 0. The fourth-order valence-electron chi connectivity index (χ4n) is 2.50. The molecule has 0 saturated carbocycles. The normalized spacial score (nSPS) is 21.9. The Morgan fingerprint density at radius 3 is 2.12 bits per heavy atom. The molecule has 0 radical (unpaired) electrons. The molecule has 1 rings (SSSR count). The minimum atomic E-state index is 0.927. The summed E-state index contributed by atoms with van der Waals surface area (Å²) in [6.45, 7) is 11.2. The third-order valence-electron chi connectivity index (χ3n) is 4.24. The summed E-state index contributed by atoms with van der Waals surface area (Å²) >= 11 is 0. The molecule has 0 spiro atoms. The van der Waals surface area contributed by atoms with Gasteiger partial charge in [-0.15, -0.1) is 0 Å². The van der Waals surface area contributed by atoms with Crippen LogP contribution in [0.3, 0.4) is 0 Å². The maximum absolute atomic E-state index is 2.67. The zero-order chi connectivity index (χ0) is 11.8. The van der Waals surface area contributed by atoms with Crippen LogP contribution in [0.4, 0.5) is 0 Å². The lowest BCUT2D eigenvalue weighted by Crippen LogP contribution is -2.31. The molecule has 2 unspecified atom stereocenters. The number of likely N-dealkylation sites (tertiary alicyclic amines) is 1. The summed E-state index contributed by atoms with van der Waals surface area (Å²) in [6, 6.07) is 0. The first-order chi connectivity index (χ1) is 7.72. The highest BCUT2D eigenvalue weighted by Crippen LogP contribution is 2.18. The van der Waals surface area contributed by atoms with Crippen molar-refractivity contribution in [2.75, 3.05) is 19.6 Å². The monoisotopic (exact) mass is 225 g/mol. The van der Waals surface area contributed by atoms with E-state index < -0.39 is 0 Å². The van der Waals surface area contributed by atoms with E-state index >= 15 is 0 Å². The molecule has 96 valence electrons. The number of nitrogens with zero attached hydrogens (tertiary/aromatic N) is 1. The minimum Gasteiger partial charge on any atom is -0.303 e. The molecule has 0 amide bonds. The van der Waals surface area contributed by atoms with Gasteiger partial charge in [0, 0.05) is 0 Å². The highest BCUT2D eigenvalue weighted by molar-refractivity contribution is 4.66. The predicted octanol–water partition coefficient (Wildman–Crippen LogP) is 4.32. The molecule has 1 aliphatic heterocycles. The molecule has 16 heavy (non-hydrogen) atoms. The van der Waals surface area contributed by atoms with Crippen molar-refractivity contribution >= 4 is 0 Å². The van der Waals surface area contributed by atoms with E-state index in [0.29, 0.717) is 0 Å². The van der Waals surface area contributed by atoms with Gasteiger partial charge in [-0.2, -0.15) is 0 Å². The van der Waals surface area contributed by atoms with E-state index in [1.54, 1.807) is 0 Å². The van der Waals surface area contributed by atoms with Gasteiger partial charge in [0.25, 0.3) is 0 Å². The molecule has 0 aliphatic carbocycles. The molecule has 0 aromatic carbocycles. The van der Waals surface area contributed by atoms with Crippen LogP contribution in [0.2, 0.25) is 0 Å². The van der Waals surface area contributed by atoms with Gasteiger partial charge >= 0.3 is 0 Å². The summed E-state index contributed by atoms with van der Waals surface area (Å²) in [5.41, 5.74) is 0. The van der Waals surface area contributed by atoms with E-state index in [0.717, 1.165) is 11.8 Å². The van der Waals surface area contributed by atoms with E-state index in [9.17, 15) is 0 Å². The molecule has 1 aliphatic rings. The van der Waals surface area contributed by atoms with Crippen molar-refractivity contribution in [3.8, 4) is 0 Å². The van der Waals surface area contributed by atoms with Gasteiger partial charge in [-0.3, -0.25) is 0 Å². The Labute approximate surface area is 103 Å². The molecule has 1 nitrogen and oxygen atoms in total. The van der Waals surface area contributed by atoms with Crippen molar-refractivity contribution in [1.29, 1.82) is 0 Å². The van der Waals surface area contributed by atoms with Crippen LogP contribution in [0, 0.1) is 11.8 Å². The summed E-state index contributed by atoms with van der Waals surface area (Å²) in [4.78, 5) is 2.67. The molecule has 1 heteroatoms. The second-order valence-corrected chi connectivity index (χ2v) is 5.89. The first-order valence-corrected chi connectivity index (χ1v) is 7.44. The van der Waals surface area contributed by atoms with E-state index in [1.807, 2.05) is 0 Å². The summed E-state index contributed by atoms with van der Waals surface area (Å²) in [6.07, 6.45) is 9.94. The standard InChI is InChI=1S/C15H31N/c1-4-14(2)8-9-15(3)10-13-16-11-6-5-7-12-16/h14-15H,4-13H2,1-3H3. The molecular weight excluding hydrogens is 194 g/mol. The Morgan fingerprint density at radius 2 is 1.50 bits per heavy atom. The fraction of sp³-hybridized carbons (Fsp3) is 1.00. The Morgan fingerprint density at radius 1 is 0.875 bits per heavy atom. The van der Waals surface area contributed by atoms with E-state index in [2.05, 4.69) is 25.7 Å². The van der Waals surface area contributed by atoms with Gasteiger partial charge in [0.1, 0.15) is 0 Å². The Hall–Kier alpha value is -0.0400. The van der Waals surface area contributed by atoms with Crippen LogP contribution in [-0.4, -0.2) is 24.5 Å². The van der Waals surface area contributed by atoms with E-state index in [4.69, 9.17) is 0 Å². The largest absolute Gasteiger partial charge is 0.303 e. The highest BCUT2D eigenvalue weighted by atomic mass is 15.1. The van der Waals surface area contributed by atoms with Crippen LogP contribution in [0.1, 0.15) is 65.7 Å². The quantitative estimate of drug-likeness (QED) is 0.623. The zero-order valence-corrected chi connectivity index (χ0v) is 11.7. The molecule has 0 N–H and O–H groups in total. The van der Waals surface area contributed by atoms with Gasteiger partial charge in [-0.05, 0) is 50.7 Å². The van der Waals surface area contributed by atoms with Crippen LogP contribution in [0.25, 0.3) is 0 Å². The van der Waals surface area contributed by atoms with Gasteiger partial charge in [0.15, 0.2) is 0 Å². The Bertz CT molecular complexity index is 161. The fourth-order valence-corrected chi connectivity index (χ4v) is 2.50. The second kappa shape index (κ2) is 8.11. The first-order valence-electron chi connectivity index (χ1n) is 7.44. The molecule has 1 fully saturated rings. The molecular formula is C15H31N. The second-order valence-electron chi connectivity index (χ2n) is 5.89. The van der Waals surface area contributed by atoms with E-state index in [-0.39, 0.29) is 0 Å². The first kappa shape index (κ1) is 14.0. The highest BCUT2D eigenvalue weighted by Gasteiger charge is 2.11. The lowest BCUT2D eigenvalue weighted by Gasteiger charge is -2.27. The van der Waals surface area contributed by atoms with Crippen LogP contribution in [0.5, 0.6) is 0 Å². The van der Waals surface area contributed by atoms with Crippen LogP contribution in [0.15, 0.2) is 0 Å². The molecule has 0 aromatic heterocycles. The lowest BCUT2D eigenvalue weighted by molar-refractivity contribution is 0.211. The van der Waals surface area contributed by atoms with Crippen molar-refractivity contribution in [2.24, 2.45) is 11.8 Å². The average Bonchev–Trinajstić information content (AvgIpc) is 2.34. The molecule has 1 heterocycles. The molecule has 1 saturated heterocycles. The maximum Gasteiger partial charge on any atom is -0.00162 e. The number of hydrogen-bond acceptors (Lipinski definition) is 1. The topological polar surface area (TPSA) is 3.24 Å². The van der Waals surface area contributed by atoms with Crippen LogP contribution < -0.4 is 0 Å². The molecule has 0 aromatic rings. The van der Waals surface area contributed by atoms with Gasteiger partial charge in [-0.25, -0.2) is 0 Å². The van der Waals surface area contributed by atoms with Crippen LogP contribution in [-0.2, 0) is 0 Å². The smallest absolute Gasteiger partial charge is 0.00162 e. The zero-order valence-electron chi connectivity index (χ0n) is 11.7. The summed E-state index contributed by atoms with van der Waals surface area (Å²) in [5, 5.41) is 0. The average molecular weight is 225 g/mol. The predicted molar refractivity (Wildman–Crippen MR) is 72.8 cm³/mol. The third kappa shape index (κ3) is 5.89. The van der Waals surface area contributed by atoms with Crippen molar-refractivity contribution in [3.05, 3.63) is 0 Å². The van der Waals surface area contributed by atoms with Crippen molar-refractivity contribution in [3.63, 3.8) is 0 Å². The van der Waals surface area contributed by atoms with Crippen molar-refractivity contribution < 1.29 is 0 Å². The maximum atomic E-state index is 2.67. The number of piperidine rings is 1. The van der Waals surface area contributed by atoms with Crippen molar-refractivity contribution in [2.45, 2.75) is 65.7 Å². The van der Waals surface area contributed by atoms with Gasteiger partial charge in [-0.1, -0.05) is 46.5 Å². The summed E-state index contributed by atoms with van der Waals surface area (Å²) < 4.78 is 0. The molecule has 2 atom stereocenters. The van der Waals surface area contributed by atoms with Crippen LogP contribution >= 0.6 is 0 Å². The molecule has 0 bridgehead atoms. The van der Waals surface area contributed by atoms with Gasteiger partial charge in [0.05, 0.1) is 0 Å². The Balaban J connectivity index is 2.02. The summed E-state index contributed by atoms with van der Waals surface area (Å²) in [7, 11) is 0. The Kier molecular flexibility index (Phi) is 7.11. The van der Waals surface area contributed by atoms with Crippen molar-refractivity contribution in [1.82, 2.24) is 4.90 Å². The SMILES string of the molecule is CCC(C)CCC(C)CCN1CCCCC1. The lowest BCUT2D eigenvalue weighted by atomic mass is 9.94. The number of rotatable bonds is 7. The van der Waals surface area contributed by atoms with E-state index in [1.165, 1.54) is 64.6 Å². The summed E-state index contributed by atoms with van der Waals surface area (Å²) in [5.74, 6) is 1.85. The van der Waals surface area contributed by atoms with Gasteiger partial charge < -0.3 is 4.90 Å². The third-order valence-corrected chi connectivity index (χ3v) is 4.24. The van der Waals surface area contributed by atoms with Gasteiger partial charge in [0.2, 0.25) is 0 Å². The minimum absolute atomic E-state index is 0.927.